The van der Waals surface area contributed by atoms with Crippen molar-refractivity contribution in [3.63, 3.8) is 0 Å². The standard InChI is InChI=1S/C14H18F3NOS/c15-14(16,17)12-3-1-2-11(6-12)13(19)8-18-7-10-4-5-20-9-10/h1-3,6,10,13,18-19H,4-5,7-9H2. The van der Waals surface area contributed by atoms with E-state index in [0.29, 0.717) is 11.5 Å². The zero-order valence-electron chi connectivity index (χ0n) is 11.0. The van der Waals surface area contributed by atoms with Crippen LogP contribution < -0.4 is 5.32 Å². The number of rotatable bonds is 5. The molecule has 20 heavy (non-hydrogen) atoms. The third kappa shape index (κ3) is 4.40. The number of halogens is 3. The van der Waals surface area contributed by atoms with Gasteiger partial charge in [-0.15, -0.1) is 0 Å². The lowest BCUT2D eigenvalue weighted by molar-refractivity contribution is -0.137. The van der Waals surface area contributed by atoms with Gasteiger partial charge in [-0.05, 0) is 48.1 Å². The van der Waals surface area contributed by atoms with E-state index in [9.17, 15) is 18.3 Å². The van der Waals surface area contributed by atoms with E-state index >= 15 is 0 Å². The lowest BCUT2D eigenvalue weighted by Crippen LogP contribution is -2.27. The topological polar surface area (TPSA) is 32.3 Å². The van der Waals surface area contributed by atoms with Gasteiger partial charge >= 0.3 is 6.18 Å². The number of nitrogens with one attached hydrogen (secondary N) is 1. The van der Waals surface area contributed by atoms with E-state index in [1.54, 1.807) is 0 Å². The predicted octanol–water partition coefficient (Wildman–Crippen LogP) is 3.08. The molecule has 6 heteroatoms. The van der Waals surface area contributed by atoms with Crippen molar-refractivity contribution in [2.45, 2.75) is 18.7 Å². The lowest BCUT2D eigenvalue weighted by Gasteiger charge is -2.16. The van der Waals surface area contributed by atoms with Crippen molar-refractivity contribution in [1.29, 1.82) is 0 Å². The van der Waals surface area contributed by atoms with Crippen molar-refractivity contribution < 1.29 is 18.3 Å². The number of hydrogen-bond acceptors (Lipinski definition) is 3. The first-order chi connectivity index (χ1) is 9.47. The van der Waals surface area contributed by atoms with Crippen LogP contribution in [0.25, 0.3) is 0 Å². The zero-order chi connectivity index (χ0) is 14.6. The Bertz CT molecular complexity index is 433. The Morgan fingerprint density at radius 3 is 2.85 bits per heavy atom. The fraction of sp³-hybridized carbons (Fsp3) is 0.571. The summed E-state index contributed by atoms with van der Waals surface area (Å²) in [7, 11) is 0. The van der Waals surface area contributed by atoms with Crippen molar-refractivity contribution in [3.05, 3.63) is 35.4 Å². The molecule has 0 aromatic heterocycles. The minimum Gasteiger partial charge on any atom is -0.387 e. The average molecular weight is 305 g/mol. The van der Waals surface area contributed by atoms with Crippen LogP contribution in [0.3, 0.4) is 0 Å². The molecule has 0 spiro atoms. The highest BCUT2D eigenvalue weighted by molar-refractivity contribution is 7.99. The summed E-state index contributed by atoms with van der Waals surface area (Å²) in [6, 6.07) is 4.87. The van der Waals surface area contributed by atoms with E-state index in [1.807, 2.05) is 11.8 Å². The summed E-state index contributed by atoms with van der Waals surface area (Å²) in [6.07, 6.45) is -4.12. The second-order valence-electron chi connectivity index (χ2n) is 5.03. The van der Waals surface area contributed by atoms with Crippen LogP contribution in [0, 0.1) is 5.92 Å². The van der Waals surface area contributed by atoms with E-state index in [-0.39, 0.29) is 6.54 Å². The third-order valence-electron chi connectivity index (χ3n) is 3.39. The minimum absolute atomic E-state index is 0.280. The maximum absolute atomic E-state index is 12.6. The molecule has 0 aliphatic carbocycles. The molecule has 2 unspecified atom stereocenters. The molecular formula is C14H18F3NOS. The van der Waals surface area contributed by atoms with Crippen LogP contribution in [0.15, 0.2) is 24.3 Å². The Hall–Kier alpha value is -0.720. The summed E-state index contributed by atoms with van der Waals surface area (Å²) in [4.78, 5) is 0. The molecule has 1 saturated heterocycles. The van der Waals surface area contributed by atoms with Gasteiger partial charge in [0, 0.05) is 6.54 Å². The van der Waals surface area contributed by atoms with E-state index in [4.69, 9.17) is 0 Å². The second-order valence-corrected chi connectivity index (χ2v) is 6.18. The van der Waals surface area contributed by atoms with E-state index in [0.717, 1.165) is 30.9 Å². The maximum Gasteiger partial charge on any atom is 0.416 e. The van der Waals surface area contributed by atoms with Crippen molar-refractivity contribution in [1.82, 2.24) is 5.32 Å². The Balaban J connectivity index is 1.86. The number of benzene rings is 1. The Labute approximate surface area is 120 Å². The fourth-order valence-corrected chi connectivity index (χ4v) is 3.49. The van der Waals surface area contributed by atoms with Crippen LogP contribution >= 0.6 is 11.8 Å². The van der Waals surface area contributed by atoms with Crippen LogP contribution in [0.4, 0.5) is 13.2 Å². The van der Waals surface area contributed by atoms with Gasteiger partial charge in [0.15, 0.2) is 0 Å². The first-order valence-corrected chi connectivity index (χ1v) is 7.76. The largest absolute Gasteiger partial charge is 0.416 e. The molecule has 0 amide bonds. The van der Waals surface area contributed by atoms with Gasteiger partial charge in [-0.2, -0.15) is 24.9 Å². The van der Waals surface area contributed by atoms with E-state index in [1.165, 1.54) is 17.9 Å². The molecule has 1 aliphatic heterocycles. The van der Waals surface area contributed by atoms with Crippen molar-refractivity contribution in [3.8, 4) is 0 Å². The molecule has 0 saturated carbocycles. The Morgan fingerprint density at radius 1 is 1.40 bits per heavy atom. The molecule has 1 aromatic carbocycles. The highest BCUT2D eigenvalue weighted by Crippen LogP contribution is 2.30. The lowest BCUT2D eigenvalue weighted by atomic mass is 10.1. The van der Waals surface area contributed by atoms with Gasteiger partial charge < -0.3 is 10.4 Å². The predicted molar refractivity (Wildman–Crippen MR) is 74.7 cm³/mol. The van der Waals surface area contributed by atoms with Gasteiger partial charge in [0.1, 0.15) is 0 Å². The quantitative estimate of drug-likeness (QED) is 0.877. The summed E-state index contributed by atoms with van der Waals surface area (Å²) in [5.74, 6) is 2.89. The molecule has 2 rings (SSSR count). The molecule has 2 nitrogen and oxygen atoms in total. The molecule has 2 atom stereocenters. The second kappa shape index (κ2) is 6.83. The van der Waals surface area contributed by atoms with Crippen LogP contribution in [0.2, 0.25) is 0 Å². The molecule has 1 aromatic rings. The number of aliphatic hydroxyl groups is 1. The molecule has 1 aliphatic rings. The minimum atomic E-state index is -4.37. The summed E-state index contributed by atoms with van der Waals surface area (Å²) in [6.45, 7) is 1.09. The van der Waals surface area contributed by atoms with Crippen LogP contribution in [-0.2, 0) is 6.18 Å². The molecule has 112 valence electrons. The molecular weight excluding hydrogens is 287 g/mol. The van der Waals surface area contributed by atoms with Gasteiger partial charge in [-0.1, -0.05) is 12.1 Å². The Kier molecular flexibility index (Phi) is 5.35. The number of hydrogen-bond donors (Lipinski definition) is 2. The third-order valence-corrected chi connectivity index (χ3v) is 4.62. The monoisotopic (exact) mass is 305 g/mol. The summed E-state index contributed by atoms with van der Waals surface area (Å²) in [5.41, 5.74) is -0.422. The summed E-state index contributed by atoms with van der Waals surface area (Å²) >= 11 is 1.91. The molecule has 0 radical (unpaired) electrons. The molecule has 1 heterocycles. The molecule has 1 fully saturated rings. The zero-order valence-corrected chi connectivity index (χ0v) is 11.8. The van der Waals surface area contributed by atoms with E-state index in [2.05, 4.69) is 5.32 Å². The van der Waals surface area contributed by atoms with Crippen molar-refractivity contribution in [2.24, 2.45) is 5.92 Å². The Morgan fingerprint density at radius 2 is 2.20 bits per heavy atom. The fourth-order valence-electron chi connectivity index (χ4n) is 2.21. The first kappa shape index (κ1) is 15.7. The number of aliphatic hydroxyl groups excluding tert-OH is 1. The molecule has 0 bridgehead atoms. The van der Waals surface area contributed by atoms with Gasteiger partial charge in [0.2, 0.25) is 0 Å². The number of alkyl halides is 3. The number of thioether (sulfide) groups is 1. The van der Waals surface area contributed by atoms with Gasteiger partial charge in [-0.25, -0.2) is 0 Å². The highest BCUT2D eigenvalue weighted by Gasteiger charge is 2.30. The van der Waals surface area contributed by atoms with Crippen LogP contribution in [0.1, 0.15) is 23.7 Å². The summed E-state index contributed by atoms with van der Waals surface area (Å²) < 4.78 is 37.8. The van der Waals surface area contributed by atoms with Crippen LogP contribution in [0.5, 0.6) is 0 Å². The van der Waals surface area contributed by atoms with Crippen LogP contribution in [-0.4, -0.2) is 29.7 Å². The highest BCUT2D eigenvalue weighted by atomic mass is 32.2. The normalized spacial score (nSPS) is 21.1. The van der Waals surface area contributed by atoms with Gasteiger partial charge in [-0.3, -0.25) is 0 Å². The summed E-state index contributed by atoms with van der Waals surface area (Å²) in [5, 5.41) is 13.1. The first-order valence-electron chi connectivity index (χ1n) is 6.60. The smallest absolute Gasteiger partial charge is 0.387 e. The van der Waals surface area contributed by atoms with Gasteiger partial charge in [0.05, 0.1) is 11.7 Å². The molecule has 2 N–H and O–H groups in total. The van der Waals surface area contributed by atoms with E-state index < -0.39 is 17.8 Å². The van der Waals surface area contributed by atoms with Gasteiger partial charge in [0.25, 0.3) is 0 Å². The van der Waals surface area contributed by atoms with Crippen molar-refractivity contribution >= 4 is 11.8 Å². The van der Waals surface area contributed by atoms with Crippen molar-refractivity contribution in [2.75, 3.05) is 24.6 Å². The maximum atomic E-state index is 12.6. The average Bonchev–Trinajstić information content (AvgIpc) is 2.91. The SMILES string of the molecule is OC(CNCC1CCSC1)c1cccc(C(F)(F)F)c1.